The fourth-order valence-corrected chi connectivity index (χ4v) is 1.60. The predicted molar refractivity (Wildman–Crippen MR) is 57.8 cm³/mol. The average Bonchev–Trinajstić information content (AvgIpc) is 2.15. The molecular formula is C11H20N2O. The van der Waals surface area contributed by atoms with Crippen LogP contribution in [0.4, 0.5) is 0 Å². The maximum atomic E-state index is 11.9. The van der Waals surface area contributed by atoms with Crippen LogP contribution < -0.4 is 5.73 Å². The monoisotopic (exact) mass is 196 g/mol. The highest BCUT2D eigenvalue weighted by Gasteiger charge is 2.24. The zero-order chi connectivity index (χ0) is 10.7. The Hall–Kier alpha value is -0.830. The first-order chi connectivity index (χ1) is 6.52. The Bertz CT molecular complexity index is 246. The quantitative estimate of drug-likeness (QED) is 0.673. The van der Waals surface area contributed by atoms with Gasteiger partial charge in [0.2, 0.25) is 5.91 Å². The predicted octanol–water partition coefficient (Wildman–Crippen LogP) is 1.15. The van der Waals surface area contributed by atoms with E-state index in [4.69, 9.17) is 5.73 Å². The lowest BCUT2D eigenvalue weighted by Gasteiger charge is -2.29. The van der Waals surface area contributed by atoms with Gasteiger partial charge in [-0.1, -0.05) is 25.5 Å². The van der Waals surface area contributed by atoms with Gasteiger partial charge in [0.1, 0.15) is 0 Å². The second kappa shape index (κ2) is 4.60. The van der Waals surface area contributed by atoms with Crippen LogP contribution in [0.25, 0.3) is 0 Å². The van der Waals surface area contributed by atoms with Gasteiger partial charge >= 0.3 is 0 Å². The standard InChI is InChI=1S/C11H20N2O/c1-8(2)10(12)11(14)13-6-4-5-9(3)7-13/h5,8,10H,4,6-7,12H2,1-3H3. The van der Waals surface area contributed by atoms with Crippen molar-refractivity contribution in [2.24, 2.45) is 11.7 Å². The number of hydrogen-bond acceptors (Lipinski definition) is 2. The molecule has 0 spiro atoms. The molecule has 1 amide bonds. The molecule has 0 aromatic heterocycles. The summed E-state index contributed by atoms with van der Waals surface area (Å²) in [7, 11) is 0. The van der Waals surface area contributed by atoms with Gasteiger partial charge in [0.05, 0.1) is 6.04 Å². The third kappa shape index (κ3) is 2.58. The van der Waals surface area contributed by atoms with Crippen molar-refractivity contribution in [1.82, 2.24) is 4.90 Å². The van der Waals surface area contributed by atoms with Crippen molar-refractivity contribution in [2.45, 2.75) is 33.2 Å². The topological polar surface area (TPSA) is 46.3 Å². The molecule has 1 rings (SSSR count). The van der Waals surface area contributed by atoms with Crippen molar-refractivity contribution in [3.05, 3.63) is 11.6 Å². The van der Waals surface area contributed by atoms with Gasteiger partial charge in [-0.25, -0.2) is 0 Å². The summed E-state index contributed by atoms with van der Waals surface area (Å²) in [6, 6.07) is -0.346. The van der Waals surface area contributed by atoms with Gasteiger partial charge < -0.3 is 10.6 Å². The van der Waals surface area contributed by atoms with E-state index in [1.165, 1.54) is 5.57 Å². The van der Waals surface area contributed by atoms with Gasteiger partial charge in [0.25, 0.3) is 0 Å². The van der Waals surface area contributed by atoms with Crippen molar-refractivity contribution in [3.63, 3.8) is 0 Å². The molecular weight excluding hydrogens is 176 g/mol. The molecule has 0 saturated carbocycles. The van der Waals surface area contributed by atoms with E-state index in [2.05, 4.69) is 13.0 Å². The smallest absolute Gasteiger partial charge is 0.240 e. The molecule has 0 radical (unpaired) electrons. The van der Waals surface area contributed by atoms with E-state index in [1.807, 2.05) is 18.7 Å². The summed E-state index contributed by atoms with van der Waals surface area (Å²) < 4.78 is 0. The zero-order valence-corrected chi connectivity index (χ0v) is 9.29. The summed E-state index contributed by atoms with van der Waals surface area (Å²) in [6.45, 7) is 7.58. The summed E-state index contributed by atoms with van der Waals surface area (Å²) in [5.41, 5.74) is 7.09. The van der Waals surface area contributed by atoms with Crippen molar-refractivity contribution in [3.8, 4) is 0 Å². The van der Waals surface area contributed by atoms with Crippen LogP contribution in [-0.4, -0.2) is 29.9 Å². The maximum absolute atomic E-state index is 11.9. The van der Waals surface area contributed by atoms with Crippen molar-refractivity contribution >= 4 is 5.91 Å². The number of rotatable bonds is 2. The average molecular weight is 196 g/mol. The molecule has 2 N–H and O–H groups in total. The maximum Gasteiger partial charge on any atom is 0.240 e. The summed E-state index contributed by atoms with van der Waals surface area (Å²) in [6.07, 6.45) is 3.15. The molecule has 0 bridgehead atoms. The Morgan fingerprint density at radius 1 is 1.57 bits per heavy atom. The first-order valence-electron chi connectivity index (χ1n) is 5.22. The summed E-state index contributed by atoms with van der Waals surface area (Å²) >= 11 is 0. The summed E-state index contributed by atoms with van der Waals surface area (Å²) in [4.78, 5) is 13.7. The third-order valence-corrected chi connectivity index (χ3v) is 2.65. The first kappa shape index (κ1) is 11.2. The molecule has 1 unspecified atom stereocenters. The van der Waals surface area contributed by atoms with Crippen LogP contribution in [0.15, 0.2) is 11.6 Å². The van der Waals surface area contributed by atoms with Gasteiger partial charge in [-0.05, 0) is 19.3 Å². The third-order valence-electron chi connectivity index (χ3n) is 2.65. The Balaban J connectivity index is 2.57. The van der Waals surface area contributed by atoms with E-state index in [9.17, 15) is 4.79 Å². The number of amides is 1. The molecule has 80 valence electrons. The molecule has 0 aromatic carbocycles. The van der Waals surface area contributed by atoms with E-state index in [-0.39, 0.29) is 17.9 Å². The highest BCUT2D eigenvalue weighted by atomic mass is 16.2. The van der Waals surface area contributed by atoms with Gasteiger partial charge in [-0.2, -0.15) is 0 Å². The number of hydrogen-bond donors (Lipinski definition) is 1. The van der Waals surface area contributed by atoms with Gasteiger partial charge in [0.15, 0.2) is 0 Å². The molecule has 1 aliphatic rings. The fraction of sp³-hybridized carbons (Fsp3) is 0.727. The molecule has 0 saturated heterocycles. The van der Waals surface area contributed by atoms with Gasteiger partial charge in [0, 0.05) is 13.1 Å². The first-order valence-corrected chi connectivity index (χ1v) is 5.22. The van der Waals surface area contributed by atoms with Crippen LogP contribution in [0.5, 0.6) is 0 Å². The second-order valence-electron chi connectivity index (χ2n) is 4.37. The second-order valence-corrected chi connectivity index (χ2v) is 4.37. The molecule has 0 aliphatic carbocycles. The Labute approximate surface area is 86.0 Å². The van der Waals surface area contributed by atoms with Crippen molar-refractivity contribution in [1.29, 1.82) is 0 Å². The Kier molecular flexibility index (Phi) is 3.69. The number of nitrogens with two attached hydrogens (primary N) is 1. The fourth-order valence-electron chi connectivity index (χ4n) is 1.60. The lowest BCUT2D eigenvalue weighted by molar-refractivity contribution is -0.133. The lowest BCUT2D eigenvalue weighted by atomic mass is 10.0. The van der Waals surface area contributed by atoms with E-state index in [0.29, 0.717) is 0 Å². The molecule has 0 fully saturated rings. The molecule has 0 aromatic rings. The minimum atomic E-state index is -0.346. The van der Waals surface area contributed by atoms with E-state index >= 15 is 0 Å². The SMILES string of the molecule is CC1=CCCN(C(=O)C(N)C(C)C)C1. The minimum absolute atomic E-state index is 0.0902. The number of nitrogens with zero attached hydrogens (tertiary/aromatic N) is 1. The molecule has 1 atom stereocenters. The molecule has 1 aliphatic heterocycles. The highest BCUT2D eigenvalue weighted by molar-refractivity contribution is 5.82. The number of carbonyl (C=O) groups excluding carboxylic acids is 1. The molecule has 3 heteroatoms. The summed E-state index contributed by atoms with van der Waals surface area (Å²) in [5, 5.41) is 0. The van der Waals surface area contributed by atoms with E-state index < -0.39 is 0 Å². The van der Waals surface area contributed by atoms with Gasteiger partial charge in [-0.3, -0.25) is 4.79 Å². The van der Waals surface area contributed by atoms with Crippen molar-refractivity contribution in [2.75, 3.05) is 13.1 Å². The molecule has 1 heterocycles. The van der Waals surface area contributed by atoms with Crippen LogP contribution in [0.3, 0.4) is 0 Å². The van der Waals surface area contributed by atoms with Crippen LogP contribution >= 0.6 is 0 Å². The Morgan fingerprint density at radius 3 is 2.71 bits per heavy atom. The van der Waals surface area contributed by atoms with Crippen molar-refractivity contribution < 1.29 is 4.79 Å². The minimum Gasteiger partial charge on any atom is -0.337 e. The normalized spacial score (nSPS) is 19.5. The summed E-state index contributed by atoms with van der Waals surface area (Å²) in [5.74, 6) is 0.307. The lowest BCUT2D eigenvalue weighted by Crippen LogP contribution is -2.48. The molecule has 14 heavy (non-hydrogen) atoms. The van der Waals surface area contributed by atoms with Crippen LogP contribution in [0.2, 0.25) is 0 Å². The molecule has 3 nitrogen and oxygen atoms in total. The van der Waals surface area contributed by atoms with E-state index in [0.717, 1.165) is 19.5 Å². The number of carbonyl (C=O) groups is 1. The van der Waals surface area contributed by atoms with Crippen LogP contribution in [-0.2, 0) is 4.79 Å². The van der Waals surface area contributed by atoms with Crippen LogP contribution in [0, 0.1) is 5.92 Å². The largest absolute Gasteiger partial charge is 0.337 e. The Morgan fingerprint density at radius 2 is 2.21 bits per heavy atom. The zero-order valence-electron chi connectivity index (χ0n) is 9.29. The van der Waals surface area contributed by atoms with Crippen LogP contribution in [0.1, 0.15) is 27.2 Å². The van der Waals surface area contributed by atoms with E-state index in [1.54, 1.807) is 0 Å². The van der Waals surface area contributed by atoms with Gasteiger partial charge in [-0.15, -0.1) is 0 Å². The highest BCUT2D eigenvalue weighted by Crippen LogP contribution is 2.11.